The van der Waals surface area contributed by atoms with Crippen LogP contribution >= 0.6 is 34.2 Å². The fourth-order valence-corrected chi connectivity index (χ4v) is 2.37. The Kier molecular flexibility index (Phi) is 4.82. The SMILES string of the molecule is COc1cc(F)c(C(N)c2ccc(I)c(Cl)c2)c(F)c1. The Morgan fingerprint density at radius 3 is 2.30 bits per heavy atom. The fraction of sp³-hybridized carbons (Fsp3) is 0.143. The molecule has 0 fully saturated rings. The van der Waals surface area contributed by atoms with Crippen molar-refractivity contribution in [3.63, 3.8) is 0 Å². The largest absolute Gasteiger partial charge is 0.497 e. The molecule has 6 heteroatoms. The molecule has 2 aromatic carbocycles. The van der Waals surface area contributed by atoms with Crippen LogP contribution in [0.25, 0.3) is 0 Å². The van der Waals surface area contributed by atoms with E-state index in [1.165, 1.54) is 7.11 Å². The first-order valence-electron chi connectivity index (χ1n) is 5.67. The van der Waals surface area contributed by atoms with Crippen LogP contribution in [0.3, 0.4) is 0 Å². The summed E-state index contributed by atoms with van der Waals surface area (Å²) in [5.74, 6) is -1.38. The molecule has 0 saturated carbocycles. The summed E-state index contributed by atoms with van der Waals surface area (Å²) in [5.41, 5.74) is 6.28. The first-order chi connectivity index (χ1) is 9.43. The number of halogens is 4. The van der Waals surface area contributed by atoms with Crippen LogP contribution in [0.4, 0.5) is 8.78 Å². The van der Waals surface area contributed by atoms with Crippen LogP contribution in [0.15, 0.2) is 30.3 Å². The molecule has 106 valence electrons. The van der Waals surface area contributed by atoms with Crippen molar-refractivity contribution < 1.29 is 13.5 Å². The molecular weight excluding hydrogens is 399 g/mol. The number of nitrogens with two attached hydrogens (primary N) is 1. The van der Waals surface area contributed by atoms with Gasteiger partial charge in [-0.25, -0.2) is 8.78 Å². The minimum absolute atomic E-state index is 0.108. The van der Waals surface area contributed by atoms with E-state index in [9.17, 15) is 8.78 Å². The average Bonchev–Trinajstić information content (AvgIpc) is 2.40. The molecule has 0 bridgehead atoms. The average molecular weight is 410 g/mol. The number of methoxy groups -OCH3 is 1. The Hall–Kier alpha value is -0.920. The molecule has 0 aromatic heterocycles. The van der Waals surface area contributed by atoms with Crippen LogP contribution in [-0.2, 0) is 0 Å². The van der Waals surface area contributed by atoms with E-state index >= 15 is 0 Å². The van der Waals surface area contributed by atoms with Crippen LogP contribution < -0.4 is 10.5 Å². The molecule has 2 aromatic rings. The second kappa shape index (κ2) is 6.24. The van der Waals surface area contributed by atoms with Gasteiger partial charge in [0.15, 0.2) is 0 Å². The molecule has 0 spiro atoms. The number of hydrogen-bond donors (Lipinski definition) is 1. The molecule has 0 amide bonds. The lowest BCUT2D eigenvalue weighted by Gasteiger charge is -2.16. The van der Waals surface area contributed by atoms with Crippen molar-refractivity contribution in [3.05, 3.63) is 61.7 Å². The van der Waals surface area contributed by atoms with E-state index in [0.717, 1.165) is 15.7 Å². The zero-order valence-electron chi connectivity index (χ0n) is 10.5. The van der Waals surface area contributed by atoms with Crippen LogP contribution in [0.5, 0.6) is 5.75 Å². The summed E-state index contributed by atoms with van der Waals surface area (Å²) in [4.78, 5) is 0. The Morgan fingerprint density at radius 1 is 1.20 bits per heavy atom. The molecule has 1 unspecified atom stereocenters. The quantitative estimate of drug-likeness (QED) is 0.768. The van der Waals surface area contributed by atoms with E-state index in [2.05, 4.69) is 22.6 Å². The fourth-order valence-electron chi connectivity index (χ4n) is 1.85. The van der Waals surface area contributed by atoms with Gasteiger partial charge in [0, 0.05) is 21.3 Å². The summed E-state index contributed by atoms with van der Waals surface area (Å²) in [6.07, 6.45) is 0. The lowest BCUT2D eigenvalue weighted by molar-refractivity contribution is 0.404. The first kappa shape index (κ1) is 15.5. The Balaban J connectivity index is 2.47. The van der Waals surface area contributed by atoms with Crippen molar-refractivity contribution in [1.29, 1.82) is 0 Å². The number of rotatable bonds is 3. The molecule has 0 heterocycles. The minimum Gasteiger partial charge on any atom is -0.497 e. The maximum atomic E-state index is 14.0. The van der Waals surface area contributed by atoms with Crippen molar-refractivity contribution in [2.45, 2.75) is 6.04 Å². The molecule has 0 radical (unpaired) electrons. The Labute approximate surface area is 134 Å². The third kappa shape index (κ3) is 3.05. The molecule has 2 rings (SSSR count). The molecule has 0 saturated heterocycles. The highest BCUT2D eigenvalue weighted by molar-refractivity contribution is 14.1. The van der Waals surface area contributed by atoms with Crippen molar-refractivity contribution in [2.24, 2.45) is 5.73 Å². The summed E-state index contributed by atoms with van der Waals surface area (Å²) in [6.45, 7) is 0. The predicted molar refractivity (Wildman–Crippen MR) is 83.1 cm³/mol. The summed E-state index contributed by atoms with van der Waals surface area (Å²) in [5, 5.41) is 0.493. The maximum Gasteiger partial charge on any atom is 0.134 e. The van der Waals surface area contributed by atoms with E-state index < -0.39 is 17.7 Å². The summed E-state index contributed by atoms with van der Waals surface area (Å²) in [6, 6.07) is 6.32. The van der Waals surface area contributed by atoms with E-state index in [1.807, 2.05) is 0 Å². The molecule has 0 aliphatic heterocycles. The van der Waals surface area contributed by atoms with Crippen molar-refractivity contribution in [1.82, 2.24) is 0 Å². The molecule has 0 aliphatic rings. The summed E-state index contributed by atoms with van der Waals surface area (Å²) >= 11 is 8.07. The van der Waals surface area contributed by atoms with Crippen LogP contribution in [0.1, 0.15) is 17.2 Å². The van der Waals surface area contributed by atoms with Crippen LogP contribution in [-0.4, -0.2) is 7.11 Å². The Morgan fingerprint density at radius 2 is 1.80 bits per heavy atom. The van der Waals surface area contributed by atoms with Crippen molar-refractivity contribution >= 4 is 34.2 Å². The van der Waals surface area contributed by atoms with E-state index in [0.29, 0.717) is 10.6 Å². The van der Waals surface area contributed by atoms with Gasteiger partial charge >= 0.3 is 0 Å². The Bertz CT molecular complexity index is 628. The summed E-state index contributed by atoms with van der Waals surface area (Å²) in [7, 11) is 1.34. The molecule has 20 heavy (non-hydrogen) atoms. The van der Waals surface area contributed by atoms with Gasteiger partial charge in [0.2, 0.25) is 0 Å². The number of ether oxygens (including phenoxy) is 1. The third-order valence-electron chi connectivity index (χ3n) is 2.90. The van der Waals surface area contributed by atoms with Crippen molar-refractivity contribution in [2.75, 3.05) is 7.11 Å². The number of benzene rings is 2. The van der Waals surface area contributed by atoms with Crippen LogP contribution in [0, 0.1) is 15.2 Å². The monoisotopic (exact) mass is 409 g/mol. The zero-order chi connectivity index (χ0) is 14.9. The summed E-state index contributed by atoms with van der Waals surface area (Å²) < 4.78 is 33.6. The topological polar surface area (TPSA) is 35.2 Å². The van der Waals surface area contributed by atoms with Gasteiger partial charge in [0.25, 0.3) is 0 Å². The van der Waals surface area contributed by atoms with E-state index in [4.69, 9.17) is 22.1 Å². The minimum atomic E-state index is -0.935. The number of hydrogen-bond acceptors (Lipinski definition) is 2. The van der Waals surface area contributed by atoms with Gasteiger partial charge in [0.05, 0.1) is 18.2 Å². The molecule has 0 aliphatic carbocycles. The van der Waals surface area contributed by atoms with Gasteiger partial charge in [-0.05, 0) is 40.3 Å². The highest BCUT2D eigenvalue weighted by atomic mass is 127. The van der Waals surface area contributed by atoms with E-state index in [1.54, 1.807) is 18.2 Å². The van der Waals surface area contributed by atoms with Gasteiger partial charge in [0.1, 0.15) is 17.4 Å². The van der Waals surface area contributed by atoms with Gasteiger partial charge in [-0.2, -0.15) is 0 Å². The molecule has 2 N–H and O–H groups in total. The van der Waals surface area contributed by atoms with Gasteiger partial charge in [-0.15, -0.1) is 0 Å². The first-order valence-corrected chi connectivity index (χ1v) is 7.13. The van der Waals surface area contributed by atoms with E-state index in [-0.39, 0.29) is 11.3 Å². The van der Waals surface area contributed by atoms with Gasteiger partial charge in [-0.1, -0.05) is 17.7 Å². The highest BCUT2D eigenvalue weighted by Gasteiger charge is 2.20. The third-order valence-corrected chi connectivity index (χ3v) is 4.47. The highest BCUT2D eigenvalue weighted by Crippen LogP contribution is 2.30. The van der Waals surface area contributed by atoms with Crippen LogP contribution in [0.2, 0.25) is 5.02 Å². The standard InChI is InChI=1S/C14H11ClF2INO/c1-20-8-5-10(16)13(11(17)6-8)14(19)7-2-3-12(18)9(15)4-7/h2-6,14H,19H2,1H3. The smallest absolute Gasteiger partial charge is 0.134 e. The normalized spacial score (nSPS) is 12.3. The van der Waals surface area contributed by atoms with Gasteiger partial charge < -0.3 is 10.5 Å². The lowest BCUT2D eigenvalue weighted by Crippen LogP contribution is -2.16. The maximum absolute atomic E-state index is 14.0. The molecule has 1 atom stereocenters. The van der Waals surface area contributed by atoms with Gasteiger partial charge in [-0.3, -0.25) is 0 Å². The zero-order valence-corrected chi connectivity index (χ0v) is 13.4. The molecule has 2 nitrogen and oxygen atoms in total. The second-order valence-electron chi connectivity index (χ2n) is 4.16. The second-order valence-corrected chi connectivity index (χ2v) is 5.73. The van der Waals surface area contributed by atoms with Crippen molar-refractivity contribution in [3.8, 4) is 5.75 Å². The molecular formula is C14H11ClF2INO. The lowest BCUT2D eigenvalue weighted by atomic mass is 9.98. The predicted octanol–water partition coefficient (Wildman–Crippen LogP) is 4.28.